The molecule has 0 aliphatic heterocycles. The Balaban J connectivity index is 3.20. The lowest BCUT2D eigenvalue weighted by atomic mass is 9.77. The Kier molecular flexibility index (Phi) is 2.60. The van der Waals surface area contributed by atoms with Crippen molar-refractivity contribution in [1.29, 1.82) is 0 Å². The normalized spacial score (nSPS) is 11.3. The van der Waals surface area contributed by atoms with Gasteiger partial charge in [-0.15, -0.1) is 0 Å². The van der Waals surface area contributed by atoms with Gasteiger partial charge in [0, 0.05) is 5.56 Å². The van der Waals surface area contributed by atoms with E-state index in [0.717, 1.165) is 11.8 Å². The molecule has 1 rings (SSSR count). The van der Waals surface area contributed by atoms with Crippen molar-refractivity contribution < 1.29 is 4.79 Å². The molecule has 0 aliphatic rings. The van der Waals surface area contributed by atoms with Crippen LogP contribution in [0, 0.1) is 0 Å². The summed E-state index contributed by atoms with van der Waals surface area (Å²) >= 11 is 0. The molecule has 0 heterocycles. The van der Waals surface area contributed by atoms with Crippen LogP contribution in [-0.2, 0) is 5.41 Å². The largest absolute Gasteiger partial charge is 0.298 e. The first kappa shape index (κ1) is 10.0. The van der Waals surface area contributed by atoms with E-state index < -0.39 is 0 Å². The van der Waals surface area contributed by atoms with Crippen LogP contribution in [-0.4, -0.2) is 14.1 Å². The molecular weight excluding hydrogens is 159 g/mol. The molecule has 1 aromatic carbocycles. The molecule has 0 saturated carbocycles. The highest BCUT2D eigenvalue weighted by Crippen LogP contribution is 2.19. The van der Waals surface area contributed by atoms with Crippen molar-refractivity contribution in [2.45, 2.75) is 26.2 Å². The summed E-state index contributed by atoms with van der Waals surface area (Å²) < 4.78 is 0. The van der Waals surface area contributed by atoms with E-state index in [0.29, 0.717) is 11.0 Å². The number of carbonyl (C=O) groups excluding carboxylic acids is 1. The Morgan fingerprint density at radius 2 is 1.92 bits per heavy atom. The first-order valence-corrected chi connectivity index (χ1v) is 4.30. The topological polar surface area (TPSA) is 17.1 Å². The van der Waals surface area contributed by atoms with Crippen LogP contribution in [0.15, 0.2) is 18.2 Å². The van der Waals surface area contributed by atoms with Gasteiger partial charge in [-0.1, -0.05) is 44.4 Å². The first-order chi connectivity index (χ1) is 5.95. The molecule has 0 aliphatic carbocycles. The third kappa shape index (κ3) is 2.21. The predicted octanol–water partition coefficient (Wildman–Crippen LogP) is 1.59. The maximum atomic E-state index is 10.5. The van der Waals surface area contributed by atoms with Gasteiger partial charge < -0.3 is 0 Å². The lowest BCUT2D eigenvalue weighted by Gasteiger charge is -2.22. The van der Waals surface area contributed by atoms with Crippen molar-refractivity contribution in [3.63, 3.8) is 0 Å². The highest BCUT2D eigenvalue weighted by atomic mass is 16.1. The van der Waals surface area contributed by atoms with Crippen LogP contribution in [0.1, 0.15) is 36.7 Å². The summed E-state index contributed by atoms with van der Waals surface area (Å²) in [6.45, 7) is 6.29. The fourth-order valence-corrected chi connectivity index (χ4v) is 1.34. The maximum Gasteiger partial charge on any atom is 0.150 e. The molecule has 0 aromatic heterocycles. The molecule has 0 fully saturated rings. The van der Waals surface area contributed by atoms with E-state index in [4.69, 9.17) is 7.85 Å². The highest BCUT2D eigenvalue weighted by molar-refractivity contribution is 6.33. The molecule has 1 nitrogen and oxygen atoms in total. The van der Waals surface area contributed by atoms with Crippen molar-refractivity contribution >= 4 is 19.6 Å². The number of hydrogen-bond acceptors (Lipinski definition) is 1. The molecule has 0 saturated heterocycles. The second kappa shape index (κ2) is 3.37. The fourth-order valence-electron chi connectivity index (χ4n) is 1.34. The molecule has 0 amide bonds. The standard InChI is InChI=1S/C11H13BO/c1-11(2,3)9-5-4-8(7-13)6-10(9)12/h4-7H,1-3H3. The molecule has 0 N–H and O–H groups in total. The maximum absolute atomic E-state index is 10.5. The number of carbonyl (C=O) groups is 1. The van der Waals surface area contributed by atoms with Gasteiger partial charge in [0.15, 0.2) is 0 Å². The van der Waals surface area contributed by atoms with E-state index in [1.807, 2.05) is 6.07 Å². The number of hydrogen-bond donors (Lipinski definition) is 0. The quantitative estimate of drug-likeness (QED) is 0.464. The second-order valence-corrected chi connectivity index (χ2v) is 4.21. The van der Waals surface area contributed by atoms with E-state index in [9.17, 15) is 4.79 Å². The molecule has 1 aromatic rings. The SMILES string of the molecule is [B]c1cc(C=O)ccc1C(C)(C)C. The van der Waals surface area contributed by atoms with E-state index in [1.165, 1.54) is 0 Å². The van der Waals surface area contributed by atoms with Gasteiger partial charge in [-0.3, -0.25) is 4.79 Å². The Morgan fingerprint density at radius 3 is 2.31 bits per heavy atom. The van der Waals surface area contributed by atoms with E-state index in [-0.39, 0.29) is 5.41 Å². The van der Waals surface area contributed by atoms with Gasteiger partial charge >= 0.3 is 0 Å². The second-order valence-electron chi connectivity index (χ2n) is 4.21. The third-order valence-corrected chi connectivity index (χ3v) is 2.02. The molecule has 0 spiro atoms. The van der Waals surface area contributed by atoms with Crippen molar-refractivity contribution in [2.24, 2.45) is 0 Å². The smallest absolute Gasteiger partial charge is 0.150 e. The van der Waals surface area contributed by atoms with Gasteiger partial charge in [0.1, 0.15) is 14.1 Å². The molecular formula is C11H13BO. The van der Waals surface area contributed by atoms with Gasteiger partial charge in [-0.05, 0) is 11.0 Å². The van der Waals surface area contributed by atoms with Gasteiger partial charge in [0.2, 0.25) is 0 Å². The van der Waals surface area contributed by atoms with Gasteiger partial charge in [-0.25, -0.2) is 0 Å². The number of rotatable bonds is 1. The summed E-state index contributed by atoms with van der Waals surface area (Å²) in [5.41, 5.74) is 2.44. The fraction of sp³-hybridized carbons (Fsp3) is 0.364. The minimum atomic E-state index is 0.0332. The van der Waals surface area contributed by atoms with Crippen molar-refractivity contribution in [3.05, 3.63) is 29.3 Å². The summed E-state index contributed by atoms with van der Waals surface area (Å²) in [6, 6.07) is 5.43. The van der Waals surface area contributed by atoms with Crippen LogP contribution in [0.3, 0.4) is 0 Å². The number of benzene rings is 1. The van der Waals surface area contributed by atoms with E-state index in [2.05, 4.69) is 20.8 Å². The lowest BCUT2D eigenvalue weighted by molar-refractivity contribution is 0.112. The monoisotopic (exact) mass is 172 g/mol. The summed E-state index contributed by atoms with van der Waals surface area (Å²) in [7, 11) is 5.82. The van der Waals surface area contributed by atoms with Crippen molar-refractivity contribution in [3.8, 4) is 0 Å². The zero-order valence-corrected chi connectivity index (χ0v) is 8.29. The van der Waals surface area contributed by atoms with E-state index >= 15 is 0 Å². The predicted molar refractivity (Wildman–Crippen MR) is 55.9 cm³/mol. The molecule has 2 heteroatoms. The molecule has 66 valence electrons. The highest BCUT2D eigenvalue weighted by Gasteiger charge is 2.15. The van der Waals surface area contributed by atoms with Crippen LogP contribution >= 0.6 is 0 Å². The minimum Gasteiger partial charge on any atom is -0.298 e. The van der Waals surface area contributed by atoms with E-state index in [1.54, 1.807) is 12.1 Å². The minimum absolute atomic E-state index is 0.0332. The average molecular weight is 172 g/mol. The first-order valence-electron chi connectivity index (χ1n) is 4.30. The van der Waals surface area contributed by atoms with Crippen LogP contribution in [0.5, 0.6) is 0 Å². The van der Waals surface area contributed by atoms with Gasteiger partial charge in [0.05, 0.1) is 0 Å². The molecule has 0 unspecified atom stereocenters. The Bertz CT molecular complexity index is 323. The molecule has 0 bridgehead atoms. The zero-order valence-electron chi connectivity index (χ0n) is 8.29. The Hall–Kier alpha value is -1.05. The summed E-state index contributed by atoms with van der Waals surface area (Å²) in [5, 5.41) is 0. The summed E-state index contributed by atoms with van der Waals surface area (Å²) in [4.78, 5) is 10.5. The molecule has 13 heavy (non-hydrogen) atoms. The van der Waals surface area contributed by atoms with Crippen LogP contribution in [0.4, 0.5) is 0 Å². The van der Waals surface area contributed by atoms with Crippen LogP contribution in [0.2, 0.25) is 0 Å². The van der Waals surface area contributed by atoms with Crippen LogP contribution < -0.4 is 5.46 Å². The molecule has 2 radical (unpaired) electrons. The number of aldehydes is 1. The van der Waals surface area contributed by atoms with Crippen LogP contribution in [0.25, 0.3) is 0 Å². The van der Waals surface area contributed by atoms with Gasteiger partial charge in [-0.2, -0.15) is 0 Å². The summed E-state index contributed by atoms with van der Waals surface area (Å²) in [6.07, 6.45) is 0.808. The van der Waals surface area contributed by atoms with Crippen molar-refractivity contribution in [2.75, 3.05) is 0 Å². The third-order valence-electron chi connectivity index (χ3n) is 2.02. The Morgan fingerprint density at radius 1 is 1.31 bits per heavy atom. The summed E-state index contributed by atoms with van der Waals surface area (Å²) in [5.74, 6) is 0. The molecule has 0 atom stereocenters. The zero-order chi connectivity index (χ0) is 10.1. The van der Waals surface area contributed by atoms with Gasteiger partial charge in [0.25, 0.3) is 0 Å². The lowest BCUT2D eigenvalue weighted by Crippen LogP contribution is -2.23. The van der Waals surface area contributed by atoms with Crippen molar-refractivity contribution in [1.82, 2.24) is 0 Å². The Labute approximate surface area is 80.6 Å². The average Bonchev–Trinajstić information content (AvgIpc) is 2.01.